The van der Waals surface area contributed by atoms with Crippen molar-refractivity contribution in [1.29, 1.82) is 0 Å². The number of carbonyl (C=O) groups excluding carboxylic acids is 1. The summed E-state index contributed by atoms with van der Waals surface area (Å²) in [7, 11) is -3.14. The summed E-state index contributed by atoms with van der Waals surface area (Å²) in [6, 6.07) is 1.62. The molecule has 1 aliphatic heterocycles. The summed E-state index contributed by atoms with van der Waals surface area (Å²) in [4.78, 5) is 16.5. The van der Waals surface area contributed by atoms with Gasteiger partial charge in [0.15, 0.2) is 15.7 Å². The van der Waals surface area contributed by atoms with Gasteiger partial charge in [-0.1, -0.05) is 13.8 Å². The number of sulfone groups is 1. The Morgan fingerprint density at radius 3 is 2.50 bits per heavy atom. The van der Waals surface area contributed by atoms with E-state index in [1.807, 2.05) is 13.8 Å². The van der Waals surface area contributed by atoms with Gasteiger partial charge in [-0.2, -0.15) is 18.3 Å². The Morgan fingerprint density at radius 1 is 1.29 bits per heavy atom. The van der Waals surface area contributed by atoms with Gasteiger partial charge in [0.1, 0.15) is 0 Å². The van der Waals surface area contributed by atoms with Crippen LogP contribution in [0.3, 0.4) is 0 Å². The van der Waals surface area contributed by atoms with E-state index in [4.69, 9.17) is 0 Å². The van der Waals surface area contributed by atoms with Crippen molar-refractivity contribution in [3.8, 4) is 5.82 Å². The van der Waals surface area contributed by atoms with E-state index in [1.165, 1.54) is 16.9 Å². The van der Waals surface area contributed by atoms with E-state index in [1.54, 1.807) is 0 Å². The van der Waals surface area contributed by atoms with Gasteiger partial charge in [-0.3, -0.25) is 4.79 Å². The van der Waals surface area contributed by atoms with Crippen molar-refractivity contribution in [2.45, 2.75) is 38.4 Å². The predicted octanol–water partition coefficient (Wildman–Crippen LogP) is 2.33. The maximum Gasteiger partial charge on any atom is 0.417 e. The molecule has 1 fully saturated rings. The summed E-state index contributed by atoms with van der Waals surface area (Å²) in [5, 5.41) is 6.82. The molecule has 3 rings (SSSR count). The first kappa shape index (κ1) is 20.3. The summed E-state index contributed by atoms with van der Waals surface area (Å²) in [5.74, 6) is -0.573. The van der Waals surface area contributed by atoms with Crippen molar-refractivity contribution < 1.29 is 26.4 Å². The zero-order chi connectivity index (χ0) is 20.7. The summed E-state index contributed by atoms with van der Waals surface area (Å²) in [5.41, 5.74) is -0.165. The molecule has 11 heteroatoms. The third kappa shape index (κ3) is 4.18. The van der Waals surface area contributed by atoms with Gasteiger partial charge in [0.25, 0.3) is 5.91 Å². The molecule has 1 saturated heterocycles. The largest absolute Gasteiger partial charge is 0.417 e. The van der Waals surface area contributed by atoms with Crippen LogP contribution in [0.15, 0.2) is 24.5 Å². The quantitative estimate of drug-likeness (QED) is 0.826. The van der Waals surface area contributed by atoms with E-state index >= 15 is 0 Å². The SMILES string of the molecule is CC(C)c1c(C(=O)NC2CCS(=O)(=O)C2)cnn1-c1ccc(C(F)(F)F)cn1. The normalized spacial score (nSPS) is 19.1. The van der Waals surface area contributed by atoms with Crippen molar-refractivity contribution in [2.24, 2.45) is 0 Å². The lowest BCUT2D eigenvalue weighted by Gasteiger charge is -2.14. The molecule has 0 saturated carbocycles. The number of halogens is 3. The highest BCUT2D eigenvalue weighted by Crippen LogP contribution is 2.29. The Kier molecular flexibility index (Phi) is 5.22. The molecule has 1 atom stereocenters. The van der Waals surface area contributed by atoms with Crippen LogP contribution < -0.4 is 5.32 Å². The minimum Gasteiger partial charge on any atom is -0.348 e. The molecule has 1 aliphatic rings. The lowest BCUT2D eigenvalue weighted by Crippen LogP contribution is -2.36. The lowest BCUT2D eigenvalue weighted by atomic mass is 10.0. The Hall–Kier alpha value is -2.43. The molecule has 28 heavy (non-hydrogen) atoms. The molecule has 1 unspecified atom stereocenters. The van der Waals surface area contributed by atoms with Gasteiger partial charge >= 0.3 is 6.18 Å². The number of aromatic nitrogens is 3. The maximum atomic E-state index is 12.7. The zero-order valence-corrected chi connectivity index (χ0v) is 16.0. The fourth-order valence-electron chi connectivity index (χ4n) is 3.12. The molecule has 1 amide bonds. The summed E-state index contributed by atoms with van der Waals surface area (Å²) in [6.07, 6.45) is -2.12. The van der Waals surface area contributed by atoms with Crippen LogP contribution >= 0.6 is 0 Å². The van der Waals surface area contributed by atoms with Crippen LogP contribution in [0.4, 0.5) is 13.2 Å². The Balaban J connectivity index is 1.89. The number of carbonyl (C=O) groups is 1. The Morgan fingerprint density at radius 2 is 2.00 bits per heavy atom. The molecule has 1 N–H and O–H groups in total. The average Bonchev–Trinajstić information content (AvgIpc) is 3.17. The predicted molar refractivity (Wildman–Crippen MR) is 95.0 cm³/mol. The van der Waals surface area contributed by atoms with Crippen LogP contribution in [0.25, 0.3) is 5.82 Å². The van der Waals surface area contributed by atoms with Gasteiger partial charge < -0.3 is 5.32 Å². The van der Waals surface area contributed by atoms with E-state index in [9.17, 15) is 26.4 Å². The number of pyridine rings is 1. The van der Waals surface area contributed by atoms with Crippen LogP contribution in [-0.2, 0) is 16.0 Å². The van der Waals surface area contributed by atoms with Gasteiger partial charge in [0.2, 0.25) is 0 Å². The minimum atomic E-state index is -4.50. The molecule has 0 radical (unpaired) electrons. The second-order valence-corrected chi connectivity index (χ2v) is 9.21. The third-order valence-electron chi connectivity index (χ3n) is 4.46. The topological polar surface area (TPSA) is 94.0 Å². The molecular weight excluding hydrogens is 397 g/mol. The number of nitrogens with one attached hydrogen (secondary N) is 1. The number of alkyl halides is 3. The summed E-state index contributed by atoms with van der Waals surface area (Å²) in [6.45, 7) is 3.63. The maximum absolute atomic E-state index is 12.7. The summed E-state index contributed by atoms with van der Waals surface area (Å²) < 4.78 is 62.6. The van der Waals surface area contributed by atoms with E-state index in [0.717, 1.165) is 6.07 Å². The van der Waals surface area contributed by atoms with Crippen LogP contribution in [0.1, 0.15) is 47.8 Å². The highest BCUT2D eigenvalue weighted by atomic mass is 32.2. The van der Waals surface area contributed by atoms with Crippen molar-refractivity contribution in [3.05, 3.63) is 41.3 Å². The monoisotopic (exact) mass is 416 g/mol. The second kappa shape index (κ2) is 7.19. The van der Waals surface area contributed by atoms with Gasteiger partial charge in [0.05, 0.1) is 34.5 Å². The van der Waals surface area contributed by atoms with Gasteiger partial charge in [-0.25, -0.2) is 18.1 Å². The second-order valence-electron chi connectivity index (χ2n) is 6.99. The number of rotatable bonds is 4. The first-order chi connectivity index (χ1) is 13.0. The molecular formula is C17H19F3N4O3S. The first-order valence-electron chi connectivity index (χ1n) is 8.61. The highest BCUT2D eigenvalue weighted by molar-refractivity contribution is 7.91. The van der Waals surface area contributed by atoms with Crippen molar-refractivity contribution in [2.75, 3.05) is 11.5 Å². The van der Waals surface area contributed by atoms with E-state index in [0.29, 0.717) is 18.3 Å². The number of hydrogen-bond acceptors (Lipinski definition) is 5. The fourth-order valence-corrected chi connectivity index (χ4v) is 4.80. The molecule has 152 valence electrons. The molecule has 7 nitrogen and oxygen atoms in total. The molecule has 0 spiro atoms. The number of nitrogens with zero attached hydrogens (tertiary/aromatic N) is 3. The van der Waals surface area contributed by atoms with Gasteiger partial charge in [0, 0.05) is 12.2 Å². The van der Waals surface area contributed by atoms with Crippen molar-refractivity contribution in [3.63, 3.8) is 0 Å². The Bertz CT molecular complexity index is 982. The Labute approximate surface area is 159 Å². The van der Waals surface area contributed by atoms with E-state index in [2.05, 4.69) is 15.4 Å². The first-order valence-corrected chi connectivity index (χ1v) is 10.4. The zero-order valence-electron chi connectivity index (χ0n) is 15.2. The molecule has 0 aliphatic carbocycles. The van der Waals surface area contributed by atoms with Gasteiger partial charge in [-0.15, -0.1) is 0 Å². The molecule has 3 heterocycles. The van der Waals surface area contributed by atoms with Crippen LogP contribution in [0.5, 0.6) is 0 Å². The van der Waals surface area contributed by atoms with E-state index < -0.39 is 33.5 Å². The standard InChI is InChI=1S/C17H19F3N4O3S/c1-10(2)15-13(16(25)23-12-5-6-28(26,27)9-12)8-22-24(15)14-4-3-11(7-21-14)17(18,19)20/h3-4,7-8,10,12H,5-6,9H2,1-2H3,(H,23,25). The smallest absolute Gasteiger partial charge is 0.348 e. The van der Waals surface area contributed by atoms with Crippen LogP contribution in [-0.4, -0.2) is 46.6 Å². The minimum absolute atomic E-state index is 0.0315. The average molecular weight is 416 g/mol. The molecule has 2 aromatic heterocycles. The van der Waals surface area contributed by atoms with Gasteiger partial charge in [-0.05, 0) is 24.5 Å². The molecule has 0 bridgehead atoms. The number of amides is 1. The fraction of sp³-hybridized carbons (Fsp3) is 0.471. The lowest BCUT2D eigenvalue weighted by molar-refractivity contribution is -0.137. The van der Waals surface area contributed by atoms with E-state index in [-0.39, 0.29) is 28.8 Å². The van der Waals surface area contributed by atoms with Crippen molar-refractivity contribution >= 4 is 15.7 Å². The number of hydrogen-bond donors (Lipinski definition) is 1. The summed E-state index contributed by atoms with van der Waals surface area (Å²) >= 11 is 0. The van der Waals surface area contributed by atoms with Crippen LogP contribution in [0, 0.1) is 0 Å². The molecule has 0 aromatic carbocycles. The third-order valence-corrected chi connectivity index (χ3v) is 6.23. The molecule has 2 aromatic rings. The highest BCUT2D eigenvalue weighted by Gasteiger charge is 2.32. The van der Waals surface area contributed by atoms with Crippen LogP contribution in [0.2, 0.25) is 0 Å². The van der Waals surface area contributed by atoms with Crippen molar-refractivity contribution in [1.82, 2.24) is 20.1 Å².